The van der Waals surface area contributed by atoms with Gasteiger partial charge in [0.2, 0.25) is 20.0 Å². The van der Waals surface area contributed by atoms with Crippen molar-refractivity contribution < 1.29 is 16.8 Å². The third-order valence-corrected chi connectivity index (χ3v) is 5.85. The Morgan fingerprint density at radius 3 is 2.40 bits per heavy atom. The lowest BCUT2D eigenvalue weighted by atomic mass is 10.2. The number of nitrogen functional groups attached to an aromatic ring is 1. The van der Waals surface area contributed by atoms with Crippen molar-refractivity contribution in [1.29, 1.82) is 0 Å². The van der Waals surface area contributed by atoms with Crippen LogP contribution in [0.1, 0.15) is 5.56 Å². The smallest absolute Gasteiger partial charge is 0.240 e. The van der Waals surface area contributed by atoms with Gasteiger partial charge in [-0.15, -0.1) is 0 Å². The van der Waals surface area contributed by atoms with Gasteiger partial charge in [0, 0.05) is 6.54 Å². The molecule has 0 heterocycles. The first-order valence-corrected chi connectivity index (χ1v) is 9.07. The van der Waals surface area contributed by atoms with Gasteiger partial charge in [-0.3, -0.25) is 0 Å². The standard InChI is InChI=1S/C10H16ClN3O4S2/c1-7-5-8(11)9(12)6-10(7)20(17,18)14-3-4-19(15,16)13-2/h5-6,13-14H,3-4,12H2,1-2H3. The Morgan fingerprint density at radius 1 is 1.25 bits per heavy atom. The summed E-state index contributed by atoms with van der Waals surface area (Å²) < 4.78 is 50.8. The fourth-order valence-corrected chi connectivity index (χ4v) is 3.66. The van der Waals surface area contributed by atoms with Gasteiger partial charge >= 0.3 is 0 Å². The molecule has 0 aromatic heterocycles. The molecule has 0 aliphatic carbocycles. The highest BCUT2D eigenvalue weighted by molar-refractivity contribution is 7.90. The summed E-state index contributed by atoms with van der Waals surface area (Å²) in [6.45, 7) is 1.33. The van der Waals surface area contributed by atoms with Crippen LogP contribution in [0.25, 0.3) is 0 Å². The molecule has 10 heteroatoms. The Balaban J connectivity index is 2.93. The third-order valence-electron chi connectivity index (χ3n) is 2.56. The minimum atomic E-state index is -3.84. The van der Waals surface area contributed by atoms with Crippen molar-refractivity contribution in [2.45, 2.75) is 11.8 Å². The van der Waals surface area contributed by atoms with Crippen LogP contribution in [-0.4, -0.2) is 36.2 Å². The number of halogens is 1. The lowest BCUT2D eigenvalue weighted by Gasteiger charge is -2.11. The van der Waals surface area contributed by atoms with E-state index in [1.807, 2.05) is 0 Å². The first-order chi connectivity index (χ1) is 9.09. The lowest BCUT2D eigenvalue weighted by molar-refractivity contribution is 0.578. The van der Waals surface area contributed by atoms with E-state index in [2.05, 4.69) is 9.44 Å². The number of sulfonamides is 2. The Hall–Kier alpha value is -0.870. The summed E-state index contributed by atoms with van der Waals surface area (Å²) in [6, 6.07) is 2.68. The molecule has 0 saturated heterocycles. The molecule has 0 aliphatic rings. The van der Waals surface area contributed by atoms with E-state index in [1.165, 1.54) is 19.2 Å². The monoisotopic (exact) mass is 341 g/mol. The average Bonchev–Trinajstić information content (AvgIpc) is 2.33. The number of hydrogen-bond acceptors (Lipinski definition) is 5. The number of nitrogens with two attached hydrogens (primary N) is 1. The van der Waals surface area contributed by atoms with Crippen LogP contribution >= 0.6 is 11.6 Å². The minimum Gasteiger partial charge on any atom is -0.397 e. The zero-order chi connectivity index (χ0) is 15.6. The molecule has 0 unspecified atom stereocenters. The largest absolute Gasteiger partial charge is 0.397 e. The third kappa shape index (κ3) is 4.32. The van der Waals surface area contributed by atoms with Crippen molar-refractivity contribution in [2.24, 2.45) is 0 Å². The highest BCUT2D eigenvalue weighted by Gasteiger charge is 2.19. The molecule has 0 atom stereocenters. The van der Waals surface area contributed by atoms with Crippen LogP contribution in [0.2, 0.25) is 5.02 Å². The van der Waals surface area contributed by atoms with Crippen LogP contribution in [0.4, 0.5) is 5.69 Å². The fraction of sp³-hybridized carbons (Fsp3) is 0.400. The summed E-state index contributed by atoms with van der Waals surface area (Å²) in [5.41, 5.74) is 6.14. The summed E-state index contributed by atoms with van der Waals surface area (Å²) in [7, 11) is -6.06. The number of benzene rings is 1. The van der Waals surface area contributed by atoms with Gasteiger partial charge in [0.1, 0.15) is 0 Å². The molecule has 0 amide bonds. The molecule has 1 rings (SSSR count). The Morgan fingerprint density at radius 2 is 1.85 bits per heavy atom. The number of aryl methyl sites for hydroxylation is 1. The van der Waals surface area contributed by atoms with Gasteiger partial charge in [-0.05, 0) is 31.7 Å². The quantitative estimate of drug-likeness (QED) is 0.632. The van der Waals surface area contributed by atoms with Crippen molar-refractivity contribution in [3.63, 3.8) is 0 Å². The first-order valence-electron chi connectivity index (χ1n) is 5.55. The van der Waals surface area contributed by atoms with Gasteiger partial charge in [0.05, 0.1) is 21.4 Å². The predicted octanol–water partition coefficient (Wildman–Crippen LogP) is 0.0581. The summed E-state index contributed by atoms with van der Waals surface area (Å²) in [5, 5.41) is 0.263. The molecule has 114 valence electrons. The van der Waals surface area contributed by atoms with Crippen LogP contribution in [-0.2, 0) is 20.0 Å². The lowest BCUT2D eigenvalue weighted by Crippen LogP contribution is -2.33. The van der Waals surface area contributed by atoms with Gasteiger partial charge in [0.15, 0.2) is 0 Å². The second-order valence-electron chi connectivity index (χ2n) is 4.06. The number of hydrogen-bond donors (Lipinski definition) is 3. The maximum absolute atomic E-state index is 12.1. The maximum Gasteiger partial charge on any atom is 0.240 e. The van der Waals surface area contributed by atoms with E-state index < -0.39 is 20.0 Å². The Bertz CT molecular complexity index is 701. The van der Waals surface area contributed by atoms with Crippen LogP contribution in [0, 0.1) is 6.92 Å². The van der Waals surface area contributed by atoms with E-state index >= 15 is 0 Å². The second kappa shape index (κ2) is 6.27. The summed E-state index contributed by atoms with van der Waals surface area (Å²) >= 11 is 5.79. The molecule has 0 aliphatic heterocycles. The predicted molar refractivity (Wildman–Crippen MR) is 78.6 cm³/mol. The fourth-order valence-electron chi connectivity index (χ4n) is 1.45. The second-order valence-corrected chi connectivity index (χ2v) is 8.25. The van der Waals surface area contributed by atoms with Crippen molar-refractivity contribution in [3.8, 4) is 0 Å². The van der Waals surface area contributed by atoms with E-state index in [9.17, 15) is 16.8 Å². The topological polar surface area (TPSA) is 118 Å². The zero-order valence-corrected chi connectivity index (χ0v) is 13.4. The zero-order valence-electron chi connectivity index (χ0n) is 11.0. The minimum absolute atomic E-state index is 0.0266. The van der Waals surface area contributed by atoms with Crippen LogP contribution in [0.5, 0.6) is 0 Å². The van der Waals surface area contributed by atoms with Gasteiger partial charge < -0.3 is 5.73 Å². The van der Waals surface area contributed by atoms with Crippen LogP contribution < -0.4 is 15.2 Å². The van der Waals surface area contributed by atoms with Crippen molar-refractivity contribution in [2.75, 3.05) is 25.1 Å². The molecule has 0 saturated carbocycles. The average molecular weight is 342 g/mol. The Kier molecular flexibility index (Phi) is 5.39. The van der Waals surface area contributed by atoms with Gasteiger partial charge in [-0.25, -0.2) is 26.3 Å². The SMILES string of the molecule is CNS(=O)(=O)CCNS(=O)(=O)c1cc(N)c(Cl)cc1C. The van der Waals surface area contributed by atoms with Crippen LogP contribution in [0.15, 0.2) is 17.0 Å². The van der Waals surface area contributed by atoms with Gasteiger partial charge in [-0.2, -0.15) is 0 Å². The number of rotatable bonds is 6. The van der Waals surface area contributed by atoms with E-state index in [4.69, 9.17) is 17.3 Å². The maximum atomic E-state index is 12.1. The van der Waals surface area contributed by atoms with Crippen molar-refractivity contribution >= 4 is 37.3 Å². The molecule has 0 spiro atoms. The van der Waals surface area contributed by atoms with Gasteiger partial charge in [0.25, 0.3) is 0 Å². The first kappa shape index (κ1) is 17.2. The molecular formula is C10H16ClN3O4S2. The van der Waals surface area contributed by atoms with E-state index in [1.54, 1.807) is 6.92 Å². The van der Waals surface area contributed by atoms with Crippen molar-refractivity contribution in [3.05, 3.63) is 22.7 Å². The number of nitrogens with one attached hydrogen (secondary N) is 2. The highest BCUT2D eigenvalue weighted by Crippen LogP contribution is 2.25. The molecule has 1 aromatic carbocycles. The molecule has 7 nitrogen and oxygen atoms in total. The highest BCUT2D eigenvalue weighted by atomic mass is 35.5. The molecular weight excluding hydrogens is 326 g/mol. The van der Waals surface area contributed by atoms with Gasteiger partial charge in [-0.1, -0.05) is 11.6 Å². The molecule has 20 heavy (non-hydrogen) atoms. The number of anilines is 1. The molecule has 4 N–H and O–H groups in total. The molecule has 0 bridgehead atoms. The van der Waals surface area contributed by atoms with E-state index in [0.717, 1.165) is 0 Å². The Labute approximate surface area is 123 Å². The summed E-state index contributed by atoms with van der Waals surface area (Å²) in [6.07, 6.45) is 0. The van der Waals surface area contributed by atoms with Crippen molar-refractivity contribution in [1.82, 2.24) is 9.44 Å². The van der Waals surface area contributed by atoms with Crippen LogP contribution in [0.3, 0.4) is 0 Å². The summed E-state index contributed by atoms with van der Waals surface area (Å²) in [4.78, 5) is -0.0266. The van der Waals surface area contributed by atoms with E-state index in [-0.39, 0.29) is 27.9 Å². The van der Waals surface area contributed by atoms with E-state index in [0.29, 0.717) is 5.56 Å². The molecule has 0 fully saturated rings. The molecule has 0 radical (unpaired) electrons. The summed E-state index contributed by atoms with van der Waals surface area (Å²) in [5.74, 6) is -0.356. The normalized spacial score (nSPS) is 12.6. The molecule has 1 aromatic rings.